The highest BCUT2D eigenvalue weighted by Crippen LogP contribution is 2.47. The summed E-state index contributed by atoms with van der Waals surface area (Å²) >= 11 is 0. The Kier molecular flexibility index (Phi) is 4.87. The summed E-state index contributed by atoms with van der Waals surface area (Å²) in [7, 11) is 4.99. The molecule has 1 fully saturated rings. The van der Waals surface area contributed by atoms with Gasteiger partial charge in [0.05, 0.1) is 32.8 Å². The maximum atomic E-state index is 12.2. The Bertz CT molecular complexity index is 914. The number of aliphatic imine (C=N–C) groups is 1. The van der Waals surface area contributed by atoms with Gasteiger partial charge >= 0.3 is 6.03 Å². The second-order valence-corrected chi connectivity index (χ2v) is 7.30. The number of amides is 4. The molecule has 1 saturated heterocycles. The summed E-state index contributed by atoms with van der Waals surface area (Å²) in [6.45, 7) is 1.41. The van der Waals surface area contributed by atoms with Crippen LogP contribution in [0.5, 0.6) is 17.2 Å². The Hall–Kier alpha value is -3.14. The highest BCUT2D eigenvalue weighted by molar-refractivity contribution is 6.23. The molecule has 2 unspecified atom stereocenters. The molecular weight excluding hydrogens is 380 g/mol. The predicted octanol–water partition coefficient (Wildman–Crippen LogP) is -1.07. The third-order valence-corrected chi connectivity index (χ3v) is 5.64. The summed E-state index contributed by atoms with van der Waals surface area (Å²) in [5.74, 6) is -0.442. The molecule has 29 heavy (non-hydrogen) atoms. The molecule has 0 saturated carbocycles. The fraction of sp³-hybridized carbons (Fsp3) is 0.474. The zero-order valence-corrected chi connectivity index (χ0v) is 16.5. The Morgan fingerprint density at radius 1 is 1.38 bits per heavy atom. The van der Waals surface area contributed by atoms with Crippen molar-refractivity contribution in [1.29, 1.82) is 0 Å². The lowest BCUT2D eigenvalue weighted by Crippen LogP contribution is -3.10. The number of benzene rings is 1. The number of methoxy groups -OCH3 is 1. The Balaban J connectivity index is 1.60. The molecule has 1 aromatic rings. The fourth-order valence-electron chi connectivity index (χ4n) is 3.96. The number of imide groups is 2. The summed E-state index contributed by atoms with van der Waals surface area (Å²) in [6, 6.07) is 1.22. The van der Waals surface area contributed by atoms with E-state index in [2.05, 4.69) is 17.4 Å². The van der Waals surface area contributed by atoms with E-state index < -0.39 is 23.8 Å². The standard InChI is InChI=1S/C19H22N4O6/c1-22-5-4-10-6-13-15(29-9-28-13)16(27-3)14(10)12(22)8-20-7-11-17(24)21-19(26)23(2)18(11)25/h6-7,11-12H,4-5,8-9H2,1-3H3,(H,21,24,26)/p+1/t11?,12-/m1/s1. The lowest BCUT2D eigenvalue weighted by molar-refractivity contribution is -0.912. The number of rotatable bonds is 4. The van der Waals surface area contributed by atoms with Crippen molar-refractivity contribution >= 4 is 24.1 Å². The molecule has 3 aliphatic rings. The van der Waals surface area contributed by atoms with Crippen LogP contribution >= 0.6 is 0 Å². The number of nitrogens with zero attached hydrogens (tertiary/aromatic N) is 2. The molecular formula is C19H23N4O6+. The van der Waals surface area contributed by atoms with Gasteiger partial charge < -0.3 is 19.1 Å². The molecule has 1 aromatic carbocycles. The molecule has 0 aliphatic carbocycles. The number of likely N-dealkylation sites (N-methyl/N-ethyl adjacent to an activating group) is 1. The van der Waals surface area contributed by atoms with Gasteiger partial charge in [-0.05, 0) is 11.6 Å². The number of carbonyl (C=O) groups excluding carboxylic acids is 3. The minimum absolute atomic E-state index is 0.0411. The van der Waals surface area contributed by atoms with Crippen LogP contribution in [-0.2, 0) is 16.0 Å². The van der Waals surface area contributed by atoms with E-state index in [0.717, 1.165) is 29.0 Å². The smallest absolute Gasteiger partial charge is 0.330 e. The second kappa shape index (κ2) is 7.36. The third-order valence-electron chi connectivity index (χ3n) is 5.64. The zero-order chi connectivity index (χ0) is 20.7. The normalized spacial score (nSPS) is 26.0. The molecule has 0 aromatic heterocycles. The number of urea groups is 1. The summed E-state index contributed by atoms with van der Waals surface area (Å²) < 4.78 is 16.8. The van der Waals surface area contributed by atoms with E-state index in [4.69, 9.17) is 14.2 Å². The quantitative estimate of drug-likeness (QED) is 0.489. The zero-order valence-electron chi connectivity index (χ0n) is 16.5. The Morgan fingerprint density at radius 2 is 2.17 bits per heavy atom. The molecule has 3 heterocycles. The fourth-order valence-corrected chi connectivity index (χ4v) is 3.96. The summed E-state index contributed by atoms with van der Waals surface area (Å²) in [5.41, 5.74) is 2.12. The highest BCUT2D eigenvalue weighted by Gasteiger charge is 2.39. The van der Waals surface area contributed by atoms with E-state index in [1.807, 2.05) is 6.07 Å². The van der Waals surface area contributed by atoms with Crippen LogP contribution in [0, 0.1) is 5.92 Å². The van der Waals surface area contributed by atoms with Crippen LogP contribution in [-0.4, -0.2) is 70.0 Å². The first kappa shape index (κ1) is 19.2. The molecule has 2 N–H and O–H groups in total. The van der Waals surface area contributed by atoms with Crippen LogP contribution in [0.25, 0.3) is 0 Å². The number of ether oxygens (including phenoxy) is 3. The van der Waals surface area contributed by atoms with Crippen molar-refractivity contribution in [3.63, 3.8) is 0 Å². The van der Waals surface area contributed by atoms with Gasteiger partial charge in [-0.15, -0.1) is 0 Å². The summed E-state index contributed by atoms with van der Waals surface area (Å²) in [4.78, 5) is 42.3. The minimum atomic E-state index is -1.11. The van der Waals surface area contributed by atoms with Gasteiger partial charge in [-0.2, -0.15) is 0 Å². The van der Waals surface area contributed by atoms with Crippen molar-refractivity contribution in [2.45, 2.75) is 12.5 Å². The third kappa shape index (κ3) is 3.19. The van der Waals surface area contributed by atoms with Crippen molar-refractivity contribution in [2.24, 2.45) is 10.9 Å². The number of barbiturate groups is 1. The maximum Gasteiger partial charge on any atom is 0.330 e. The first-order valence-electron chi connectivity index (χ1n) is 9.36. The number of hydrogen-bond acceptors (Lipinski definition) is 7. The SMILES string of the molecule is COc1c2c(cc3c1[C@@H](CN=CC1C(=O)NC(=O)N(C)C1=O)[NH+](C)CC3)OCO2. The van der Waals surface area contributed by atoms with Gasteiger partial charge in [0.25, 0.3) is 0 Å². The van der Waals surface area contributed by atoms with Gasteiger partial charge in [0.15, 0.2) is 17.4 Å². The number of quaternary nitrogens is 1. The van der Waals surface area contributed by atoms with Crippen LogP contribution in [0.1, 0.15) is 17.2 Å². The van der Waals surface area contributed by atoms with Gasteiger partial charge in [-0.3, -0.25) is 24.8 Å². The van der Waals surface area contributed by atoms with Crippen LogP contribution < -0.4 is 24.4 Å². The number of nitrogens with one attached hydrogen (secondary N) is 2. The van der Waals surface area contributed by atoms with Crippen LogP contribution in [0.3, 0.4) is 0 Å². The number of hydrogen-bond donors (Lipinski definition) is 2. The van der Waals surface area contributed by atoms with E-state index in [1.165, 1.54) is 18.2 Å². The topological polar surface area (TPSA) is 111 Å². The van der Waals surface area contributed by atoms with E-state index >= 15 is 0 Å². The molecule has 4 amide bonds. The molecule has 0 spiro atoms. The van der Waals surface area contributed by atoms with Crippen LogP contribution in [0.4, 0.5) is 4.79 Å². The number of carbonyl (C=O) groups is 3. The highest BCUT2D eigenvalue weighted by atomic mass is 16.7. The monoisotopic (exact) mass is 403 g/mol. The van der Waals surface area contributed by atoms with Gasteiger partial charge in [0.2, 0.25) is 24.4 Å². The summed E-state index contributed by atoms with van der Waals surface area (Å²) in [5, 5.41) is 2.15. The van der Waals surface area contributed by atoms with Gasteiger partial charge in [0.1, 0.15) is 6.04 Å². The average molecular weight is 403 g/mol. The van der Waals surface area contributed by atoms with Gasteiger partial charge in [0, 0.05) is 19.7 Å². The summed E-state index contributed by atoms with van der Waals surface area (Å²) in [6.07, 6.45) is 2.19. The Labute approximate surface area is 167 Å². The average Bonchev–Trinajstić information content (AvgIpc) is 3.17. The molecule has 154 valence electrons. The van der Waals surface area contributed by atoms with E-state index in [-0.39, 0.29) is 12.8 Å². The molecule has 4 rings (SSSR count). The second-order valence-electron chi connectivity index (χ2n) is 7.30. The van der Waals surface area contributed by atoms with Crippen molar-refractivity contribution in [1.82, 2.24) is 10.2 Å². The van der Waals surface area contributed by atoms with Crippen LogP contribution in [0.2, 0.25) is 0 Å². The molecule has 0 bridgehead atoms. The van der Waals surface area contributed by atoms with Crippen molar-refractivity contribution in [3.05, 3.63) is 17.2 Å². The van der Waals surface area contributed by atoms with E-state index in [1.54, 1.807) is 7.11 Å². The van der Waals surface area contributed by atoms with Gasteiger partial charge in [-0.1, -0.05) is 0 Å². The predicted molar refractivity (Wildman–Crippen MR) is 100 cm³/mol. The molecule has 10 nitrogen and oxygen atoms in total. The van der Waals surface area contributed by atoms with Crippen molar-refractivity contribution in [3.8, 4) is 17.2 Å². The van der Waals surface area contributed by atoms with E-state index in [9.17, 15) is 14.4 Å². The van der Waals surface area contributed by atoms with Crippen LogP contribution in [0.15, 0.2) is 11.1 Å². The largest absolute Gasteiger partial charge is 0.492 e. The van der Waals surface area contributed by atoms with Gasteiger partial charge in [-0.25, -0.2) is 4.79 Å². The van der Waals surface area contributed by atoms with E-state index in [0.29, 0.717) is 23.8 Å². The first-order valence-corrected chi connectivity index (χ1v) is 9.36. The minimum Gasteiger partial charge on any atom is -0.492 e. The number of fused-ring (bicyclic) bond motifs is 2. The van der Waals surface area contributed by atoms with Crippen molar-refractivity contribution < 1.29 is 33.5 Å². The van der Waals surface area contributed by atoms with Crippen molar-refractivity contribution in [2.75, 3.05) is 41.1 Å². The molecule has 10 heteroatoms. The lowest BCUT2D eigenvalue weighted by atomic mass is 9.91. The first-order chi connectivity index (χ1) is 13.9. The molecule has 3 aliphatic heterocycles. The molecule has 0 radical (unpaired) electrons. The molecule has 3 atom stereocenters. The maximum absolute atomic E-state index is 12.2. The lowest BCUT2D eigenvalue weighted by Gasteiger charge is -2.32. The Morgan fingerprint density at radius 3 is 2.93 bits per heavy atom.